The molecule has 0 unspecified atom stereocenters. The number of aromatic nitrogens is 2. The van der Waals surface area contributed by atoms with Gasteiger partial charge in [0.25, 0.3) is 0 Å². The van der Waals surface area contributed by atoms with Crippen LogP contribution in [0.2, 0.25) is 0 Å². The summed E-state index contributed by atoms with van der Waals surface area (Å²) in [6.45, 7) is 1.55. The Balaban J connectivity index is 2.80. The van der Waals surface area contributed by atoms with Crippen molar-refractivity contribution in [3.63, 3.8) is 0 Å². The maximum atomic E-state index is 13.3. The molecule has 0 aliphatic rings. The van der Waals surface area contributed by atoms with Crippen molar-refractivity contribution in [1.29, 1.82) is 0 Å². The van der Waals surface area contributed by atoms with Gasteiger partial charge in [-0.05, 0) is 6.92 Å². The minimum atomic E-state index is -1.53. The lowest BCUT2D eigenvalue weighted by Gasteiger charge is -2.04. The third-order valence-electron chi connectivity index (χ3n) is 2.39. The summed E-state index contributed by atoms with van der Waals surface area (Å²) >= 11 is 0. The lowest BCUT2D eigenvalue weighted by Crippen LogP contribution is -2.04. The number of hydrogen-bond donors (Lipinski definition) is 1. The molecule has 1 aromatic heterocycles. The Bertz CT molecular complexity index is 551. The summed E-state index contributed by atoms with van der Waals surface area (Å²) in [5.74, 6) is -3.69. The van der Waals surface area contributed by atoms with E-state index in [9.17, 15) is 13.2 Å². The SMILES string of the molecule is Cc1nc2c(F)c(F)c(F)cc2n1CCO. The largest absolute Gasteiger partial charge is 0.395 e. The molecule has 0 atom stereocenters. The number of aliphatic hydroxyl groups excluding tert-OH is 1. The summed E-state index contributed by atoms with van der Waals surface area (Å²) in [7, 11) is 0. The van der Waals surface area contributed by atoms with Crippen molar-refractivity contribution >= 4 is 11.0 Å². The van der Waals surface area contributed by atoms with Gasteiger partial charge in [0.05, 0.1) is 12.1 Å². The number of aliphatic hydroxyl groups is 1. The van der Waals surface area contributed by atoms with Crippen LogP contribution < -0.4 is 0 Å². The van der Waals surface area contributed by atoms with Crippen LogP contribution in [0.4, 0.5) is 13.2 Å². The highest BCUT2D eigenvalue weighted by atomic mass is 19.2. The van der Waals surface area contributed by atoms with Crippen LogP contribution in [0.5, 0.6) is 0 Å². The van der Waals surface area contributed by atoms with Crippen molar-refractivity contribution in [3.8, 4) is 0 Å². The van der Waals surface area contributed by atoms with Gasteiger partial charge in [-0.25, -0.2) is 18.2 Å². The summed E-state index contributed by atoms with van der Waals surface area (Å²) in [6.07, 6.45) is 0. The van der Waals surface area contributed by atoms with E-state index in [1.165, 1.54) is 4.57 Å². The van der Waals surface area contributed by atoms with E-state index in [1.54, 1.807) is 6.92 Å². The Kier molecular flexibility index (Phi) is 2.59. The molecule has 16 heavy (non-hydrogen) atoms. The maximum Gasteiger partial charge on any atom is 0.196 e. The van der Waals surface area contributed by atoms with Gasteiger partial charge in [0.2, 0.25) is 0 Å². The number of imidazole rings is 1. The van der Waals surface area contributed by atoms with E-state index in [4.69, 9.17) is 5.11 Å². The van der Waals surface area contributed by atoms with Crippen molar-refractivity contribution in [1.82, 2.24) is 9.55 Å². The predicted octanol–water partition coefficient (Wildman–Crippen LogP) is 1.75. The second kappa shape index (κ2) is 3.79. The molecule has 0 spiro atoms. The number of aryl methyl sites for hydroxylation is 1. The highest BCUT2D eigenvalue weighted by Gasteiger charge is 2.18. The average Bonchev–Trinajstić information content (AvgIpc) is 2.55. The van der Waals surface area contributed by atoms with E-state index < -0.39 is 17.5 Å². The first-order valence-corrected chi connectivity index (χ1v) is 4.67. The highest BCUT2D eigenvalue weighted by Crippen LogP contribution is 2.23. The van der Waals surface area contributed by atoms with E-state index in [-0.39, 0.29) is 24.2 Å². The molecule has 2 rings (SSSR count). The summed E-state index contributed by atoms with van der Waals surface area (Å²) in [5, 5.41) is 8.80. The fraction of sp³-hybridized carbons (Fsp3) is 0.300. The molecule has 1 aromatic carbocycles. The standard InChI is InChI=1S/C10H9F3N2O/c1-5-14-10-7(15(5)2-3-16)4-6(11)8(12)9(10)13/h4,16H,2-3H2,1H3. The van der Waals surface area contributed by atoms with E-state index in [0.29, 0.717) is 5.82 Å². The van der Waals surface area contributed by atoms with Gasteiger partial charge >= 0.3 is 0 Å². The lowest BCUT2D eigenvalue weighted by atomic mass is 10.2. The molecule has 0 bridgehead atoms. The smallest absolute Gasteiger partial charge is 0.196 e. The van der Waals surface area contributed by atoms with Crippen LogP contribution in [0.15, 0.2) is 6.07 Å². The predicted molar refractivity (Wildman–Crippen MR) is 51.4 cm³/mol. The van der Waals surface area contributed by atoms with Gasteiger partial charge in [0.1, 0.15) is 11.3 Å². The van der Waals surface area contributed by atoms with Gasteiger partial charge in [-0.1, -0.05) is 0 Å². The molecule has 0 saturated carbocycles. The zero-order chi connectivity index (χ0) is 11.9. The Labute approximate surface area is 89.1 Å². The van der Waals surface area contributed by atoms with Crippen molar-refractivity contribution < 1.29 is 18.3 Å². The number of fused-ring (bicyclic) bond motifs is 1. The fourth-order valence-corrected chi connectivity index (χ4v) is 1.66. The number of halogens is 3. The minimum Gasteiger partial charge on any atom is -0.395 e. The Morgan fingerprint density at radius 1 is 1.31 bits per heavy atom. The second-order valence-corrected chi connectivity index (χ2v) is 3.39. The van der Waals surface area contributed by atoms with Gasteiger partial charge in [0.15, 0.2) is 17.5 Å². The lowest BCUT2D eigenvalue weighted by molar-refractivity contribution is 0.276. The molecule has 1 N–H and O–H groups in total. The molecule has 86 valence electrons. The monoisotopic (exact) mass is 230 g/mol. The molecule has 6 heteroatoms. The first-order chi connectivity index (χ1) is 7.56. The molecule has 0 saturated heterocycles. The van der Waals surface area contributed by atoms with Crippen LogP contribution in [0.3, 0.4) is 0 Å². The molecule has 0 radical (unpaired) electrons. The topological polar surface area (TPSA) is 38.0 Å². The average molecular weight is 230 g/mol. The maximum absolute atomic E-state index is 13.3. The number of hydrogen-bond acceptors (Lipinski definition) is 2. The van der Waals surface area contributed by atoms with Gasteiger partial charge < -0.3 is 9.67 Å². The van der Waals surface area contributed by atoms with Crippen molar-refractivity contribution in [3.05, 3.63) is 29.3 Å². The van der Waals surface area contributed by atoms with Gasteiger partial charge in [-0.3, -0.25) is 0 Å². The summed E-state index contributed by atoms with van der Waals surface area (Å²) in [5.41, 5.74) is -0.0761. The van der Waals surface area contributed by atoms with Crippen LogP contribution in [0.1, 0.15) is 5.82 Å². The van der Waals surface area contributed by atoms with E-state index in [2.05, 4.69) is 4.98 Å². The zero-order valence-corrected chi connectivity index (χ0v) is 8.47. The molecule has 0 aliphatic heterocycles. The van der Waals surface area contributed by atoms with Crippen LogP contribution in [0.25, 0.3) is 11.0 Å². The minimum absolute atomic E-state index is 0.142. The highest BCUT2D eigenvalue weighted by molar-refractivity contribution is 5.77. The molecule has 1 heterocycles. The zero-order valence-electron chi connectivity index (χ0n) is 8.47. The van der Waals surface area contributed by atoms with E-state index in [1.807, 2.05) is 0 Å². The van der Waals surface area contributed by atoms with Crippen LogP contribution >= 0.6 is 0 Å². The van der Waals surface area contributed by atoms with Crippen LogP contribution in [-0.4, -0.2) is 21.3 Å². The second-order valence-electron chi connectivity index (χ2n) is 3.39. The first-order valence-electron chi connectivity index (χ1n) is 4.67. The number of nitrogens with zero attached hydrogens (tertiary/aromatic N) is 2. The molecule has 2 aromatic rings. The molecular formula is C10H9F3N2O. The summed E-state index contributed by atoms with van der Waals surface area (Å²) in [6, 6.07) is 0.878. The van der Waals surface area contributed by atoms with Crippen molar-refractivity contribution in [2.45, 2.75) is 13.5 Å². The van der Waals surface area contributed by atoms with E-state index >= 15 is 0 Å². The van der Waals surface area contributed by atoms with Crippen LogP contribution in [0, 0.1) is 24.4 Å². The molecular weight excluding hydrogens is 221 g/mol. The molecule has 0 amide bonds. The third-order valence-corrected chi connectivity index (χ3v) is 2.39. The Morgan fingerprint density at radius 3 is 2.62 bits per heavy atom. The van der Waals surface area contributed by atoms with Gasteiger partial charge in [-0.2, -0.15) is 0 Å². The van der Waals surface area contributed by atoms with E-state index in [0.717, 1.165) is 6.07 Å². The number of benzene rings is 1. The quantitative estimate of drug-likeness (QED) is 0.798. The molecule has 3 nitrogen and oxygen atoms in total. The van der Waals surface area contributed by atoms with Crippen molar-refractivity contribution in [2.75, 3.05) is 6.61 Å². The molecule has 0 fully saturated rings. The van der Waals surface area contributed by atoms with Gasteiger partial charge in [0, 0.05) is 12.6 Å². The Hall–Kier alpha value is -1.56. The first kappa shape index (κ1) is 10.9. The third kappa shape index (κ3) is 1.46. The van der Waals surface area contributed by atoms with Gasteiger partial charge in [-0.15, -0.1) is 0 Å². The normalized spacial score (nSPS) is 11.3. The number of rotatable bonds is 2. The molecule has 0 aliphatic carbocycles. The summed E-state index contributed by atoms with van der Waals surface area (Å²) < 4.78 is 40.7. The summed E-state index contributed by atoms with van der Waals surface area (Å²) in [4.78, 5) is 3.80. The van der Waals surface area contributed by atoms with Crippen molar-refractivity contribution in [2.24, 2.45) is 0 Å². The van der Waals surface area contributed by atoms with Crippen LogP contribution in [-0.2, 0) is 6.54 Å². The fourth-order valence-electron chi connectivity index (χ4n) is 1.66. The Morgan fingerprint density at radius 2 is 2.00 bits per heavy atom.